The summed E-state index contributed by atoms with van der Waals surface area (Å²) in [5, 5.41) is 0.523. The third kappa shape index (κ3) is 2.47. The van der Waals surface area contributed by atoms with E-state index in [-0.39, 0.29) is 0 Å². The summed E-state index contributed by atoms with van der Waals surface area (Å²) in [6.45, 7) is 6.08. The maximum absolute atomic E-state index is 10.5. The average molecular weight is 264 g/mol. The van der Waals surface area contributed by atoms with Crippen molar-refractivity contribution in [2.24, 2.45) is 4.99 Å². The van der Waals surface area contributed by atoms with Gasteiger partial charge in [0.2, 0.25) is 6.08 Å². The lowest BCUT2D eigenvalue weighted by Gasteiger charge is -2.14. The molecule has 1 fully saturated rings. The van der Waals surface area contributed by atoms with Crippen LogP contribution >= 0.6 is 11.6 Å². The minimum Gasteiger partial charge on any atom is -0.488 e. The van der Waals surface area contributed by atoms with E-state index < -0.39 is 5.54 Å². The molecule has 0 unspecified atom stereocenters. The van der Waals surface area contributed by atoms with E-state index >= 15 is 0 Å². The van der Waals surface area contributed by atoms with Crippen LogP contribution in [-0.4, -0.2) is 12.7 Å². The fraction of sp³-hybridized carbons (Fsp3) is 0.357. The number of halogens is 1. The lowest BCUT2D eigenvalue weighted by Crippen LogP contribution is -2.05. The molecule has 0 amide bonds. The first-order valence-corrected chi connectivity index (χ1v) is 6.12. The maximum atomic E-state index is 10.5. The highest BCUT2D eigenvalue weighted by atomic mass is 35.5. The largest absolute Gasteiger partial charge is 0.488 e. The van der Waals surface area contributed by atoms with Crippen LogP contribution in [0.3, 0.4) is 0 Å². The van der Waals surface area contributed by atoms with Gasteiger partial charge < -0.3 is 4.74 Å². The van der Waals surface area contributed by atoms with Gasteiger partial charge in [0, 0.05) is 5.56 Å². The number of carbonyl (C=O) groups excluding carboxylic acids is 1. The molecule has 2 rings (SSSR count). The quantitative estimate of drug-likeness (QED) is 0.462. The van der Waals surface area contributed by atoms with Gasteiger partial charge in [-0.2, -0.15) is 4.99 Å². The van der Waals surface area contributed by atoms with Crippen LogP contribution in [0.2, 0.25) is 5.02 Å². The molecule has 0 bridgehead atoms. The van der Waals surface area contributed by atoms with Crippen molar-refractivity contribution in [2.75, 3.05) is 6.61 Å². The Balaban J connectivity index is 2.30. The van der Waals surface area contributed by atoms with Crippen LogP contribution in [0.25, 0.3) is 0 Å². The predicted molar refractivity (Wildman–Crippen MR) is 70.8 cm³/mol. The second kappa shape index (κ2) is 4.97. The lowest BCUT2D eigenvalue weighted by molar-refractivity contribution is 0.352. The number of hydrogen-bond acceptors (Lipinski definition) is 3. The molecule has 0 heterocycles. The van der Waals surface area contributed by atoms with Gasteiger partial charge in [-0.3, -0.25) is 0 Å². The smallest absolute Gasteiger partial charge is 0.235 e. The van der Waals surface area contributed by atoms with Gasteiger partial charge in [-0.15, -0.1) is 0 Å². The molecule has 0 saturated heterocycles. The van der Waals surface area contributed by atoms with E-state index in [9.17, 15) is 4.79 Å². The molecule has 0 N–H and O–H groups in total. The molecule has 0 atom stereocenters. The summed E-state index contributed by atoms with van der Waals surface area (Å²) in [6.07, 6.45) is 3.28. The molecular weight excluding hydrogens is 250 g/mol. The van der Waals surface area contributed by atoms with Gasteiger partial charge in [-0.25, -0.2) is 4.79 Å². The van der Waals surface area contributed by atoms with Crippen molar-refractivity contribution in [3.8, 4) is 5.75 Å². The second-order valence-electron chi connectivity index (χ2n) is 4.60. The Bertz CT molecular complexity index is 529. The summed E-state index contributed by atoms with van der Waals surface area (Å²) in [5.41, 5.74) is 1.29. The summed E-state index contributed by atoms with van der Waals surface area (Å²) in [6, 6.07) is 5.54. The Labute approximate surface area is 111 Å². The zero-order valence-electron chi connectivity index (χ0n) is 10.2. The van der Waals surface area contributed by atoms with Crippen LogP contribution in [0, 0.1) is 0 Å². The molecule has 1 aliphatic rings. The van der Waals surface area contributed by atoms with Crippen LogP contribution < -0.4 is 4.74 Å². The Kier molecular flexibility index (Phi) is 3.55. The van der Waals surface area contributed by atoms with Crippen LogP contribution in [0.5, 0.6) is 5.75 Å². The molecule has 3 nitrogen and oxygen atoms in total. The molecule has 1 aliphatic carbocycles. The van der Waals surface area contributed by atoms with Crippen molar-refractivity contribution in [1.29, 1.82) is 0 Å². The Morgan fingerprint density at radius 1 is 1.61 bits per heavy atom. The van der Waals surface area contributed by atoms with Crippen LogP contribution in [0.1, 0.15) is 25.3 Å². The van der Waals surface area contributed by atoms with Crippen molar-refractivity contribution in [3.05, 3.63) is 40.9 Å². The first kappa shape index (κ1) is 12.9. The zero-order valence-corrected chi connectivity index (χ0v) is 11.0. The summed E-state index contributed by atoms with van der Waals surface area (Å²) < 4.78 is 5.57. The Morgan fingerprint density at radius 2 is 2.33 bits per heavy atom. The van der Waals surface area contributed by atoms with Crippen molar-refractivity contribution in [3.63, 3.8) is 0 Å². The second-order valence-corrected chi connectivity index (χ2v) is 4.98. The van der Waals surface area contributed by atoms with Gasteiger partial charge in [-0.05, 0) is 31.4 Å². The molecule has 0 aliphatic heterocycles. The van der Waals surface area contributed by atoms with Gasteiger partial charge in [0.25, 0.3) is 0 Å². The van der Waals surface area contributed by atoms with Gasteiger partial charge in [-0.1, -0.05) is 30.3 Å². The minimum absolute atomic E-state index is 0.424. The highest BCUT2D eigenvalue weighted by Crippen LogP contribution is 2.52. The Morgan fingerprint density at radius 3 is 2.89 bits per heavy atom. The summed E-state index contributed by atoms with van der Waals surface area (Å²) in [4.78, 5) is 14.3. The van der Waals surface area contributed by atoms with E-state index in [4.69, 9.17) is 16.3 Å². The normalized spacial score (nSPS) is 15.7. The van der Waals surface area contributed by atoms with E-state index in [1.807, 2.05) is 19.1 Å². The molecule has 1 aromatic carbocycles. The summed E-state index contributed by atoms with van der Waals surface area (Å²) in [5.74, 6) is 0.601. The number of nitrogens with zero attached hydrogens (tertiary/aromatic N) is 1. The molecule has 1 aromatic rings. The third-order valence-electron chi connectivity index (χ3n) is 2.92. The molecule has 18 heavy (non-hydrogen) atoms. The first-order chi connectivity index (χ1) is 8.59. The number of ether oxygens (including phenoxy) is 1. The topological polar surface area (TPSA) is 38.7 Å². The third-order valence-corrected chi connectivity index (χ3v) is 3.31. The molecule has 94 valence electrons. The number of hydrogen-bond donors (Lipinski definition) is 0. The average Bonchev–Trinajstić information content (AvgIpc) is 3.09. The maximum Gasteiger partial charge on any atom is 0.235 e. The Hall–Kier alpha value is -1.57. The number of isocyanates is 1. The van der Waals surface area contributed by atoms with Gasteiger partial charge in [0.15, 0.2) is 0 Å². The fourth-order valence-corrected chi connectivity index (χ4v) is 2.19. The van der Waals surface area contributed by atoms with E-state index in [2.05, 4.69) is 11.6 Å². The molecule has 0 spiro atoms. The van der Waals surface area contributed by atoms with Gasteiger partial charge >= 0.3 is 0 Å². The van der Waals surface area contributed by atoms with E-state index in [1.54, 1.807) is 12.1 Å². The zero-order chi connectivity index (χ0) is 13.2. The minimum atomic E-state index is -0.471. The van der Waals surface area contributed by atoms with Gasteiger partial charge in [0.05, 0.1) is 10.6 Å². The van der Waals surface area contributed by atoms with E-state index in [1.165, 1.54) is 0 Å². The fourth-order valence-electron chi connectivity index (χ4n) is 1.83. The standard InChI is InChI=1S/C14H14ClNO2/c1-10(2)8-18-12-5-3-4-11(13(12)15)14(6-7-14)16-9-17/h3-5H,1,6-8H2,2H3. The summed E-state index contributed by atoms with van der Waals surface area (Å²) >= 11 is 6.31. The molecule has 0 radical (unpaired) electrons. The van der Waals surface area contributed by atoms with Crippen LogP contribution in [-0.2, 0) is 10.3 Å². The van der Waals surface area contributed by atoms with Crippen LogP contribution in [0.15, 0.2) is 35.3 Å². The van der Waals surface area contributed by atoms with E-state index in [0.29, 0.717) is 17.4 Å². The highest BCUT2D eigenvalue weighted by molar-refractivity contribution is 6.33. The molecule has 4 heteroatoms. The van der Waals surface area contributed by atoms with Crippen LogP contribution in [0.4, 0.5) is 0 Å². The van der Waals surface area contributed by atoms with Crippen molar-refractivity contribution in [1.82, 2.24) is 0 Å². The highest BCUT2D eigenvalue weighted by Gasteiger charge is 2.46. The monoisotopic (exact) mass is 263 g/mol. The van der Waals surface area contributed by atoms with Gasteiger partial charge in [0.1, 0.15) is 12.4 Å². The number of rotatable bonds is 5. The molecule has 1 saturated carbocycles. The van der Waals surface area contributed by atoms with Crippen molar-refractivity contribution < 1.29 is 9.53 Å². The molecular formula is C14H14ClNO2. The number of benzene rings is 1. The van der Waals surface area contributed by atoms with Crippen molar-refractivity contribution in [2.45, 2.75) is 25.3 Å². The van der Waals surface area contributed by atoms with Crippen molar-refractivity contribution >= 4 is 17.7 Å². The number of aliphatic imine (C=N–C) groups is 1. The predicted octanol–water partition coefficient (Wildman–Crippen LogP) is 3.62. The lowest BCUT2D eigenvalue weighted by atomic mass is 10.1. The van der Waals surface area contributed by atoms with E-state index in [0.717, 1.165) is 24.0 Å². The molecule has 0 aromatic heterocycles. The summed E-state index contributed by atoms with van der Waals surface area (Å²) in [7, 11) is 0. The first-order valence-electron chi connectivity index (χ1n) is 5.74. The SMILES string of the molecule is C=C(C)COc1cccc(C2(N=C=O)CC2)c1Cl.